The van der Waals surface area contributed by atoms with E-state index in [1.165, 1.54) is 0 Å². The van der Waals surface area contributed by atoms with Gasteiger partial charge in [-0.25, -0.2) is 0 Å². The largest absolute Gasteiger partial charge is 0.394 e. The first-order chi connectivity index (χ1) is 9.58. The highest BCUT2D eigenvalue weighted by Crippen LogP contribution is 2.31. The first-order valence-electron chi connectivity index (χ1n) is 7.16. The molecule has 1 amide bonds. The van der Waals surface area contributed by atoms with Crippen molar-refractivity contribution in [1.82, 2.24) is 5.32 Å². The lowest BCUT2D eigenvalue weighted by atomic mass is 9.77. The topological polar surface area (TPSA) is 49.3 Å². The van der Waals surface area contributed by atoms with Gasteiger partial charge in [-0.3, -0.25) is 4.79 Å². The molecule has 2 N–H and O–H groups in total. The van der Waals surface area contributed by atoms with E-state index >= 15 is 0 Å². The van der Waals surface area contributed by atoms with Gasteiger partial charge in [0.2, 0.25) is 0 Å². The van der Waals surface area contributed by atoms with Crippen molar-refractivity contribution in [2.45, 2.75) is 43.0 Å². The fraction of sp³-hybridized carbons (Fsp3) is 0.562. The van der Waals surface area contributed by atoms with Gasteiger partial charge < -0.3 is 10.4 Å². The summed E-state index contributed by atoms with van der Waals surface area (Å²) >= 11 is 1.66. The number of benzene rings is 1. The highest BCUT2D eigenvalue weighted by Gasteiger charge is 2.35. The Morgan fingerprint density at radius 3 is 2.45 bits per heavy atom. The molecule has 1 aliphatic carbocycles. The van der Waals surface area contributed by atoms with Gasteiger partial charge in [0.05, 0.1) is 12.1 Å². The molecule has 0 saturated heterocycles. The van der Waals surface area contributed by atoms with E-state index in [1.807, 2.05) is 30.5 Å². The van der Waals surface area contributed by atoms with Gasteiger partial charge in [-0.15, -0.1) is 11.8 Å². The van der Waals surface area contributed by atoms with Crippen LogP contribution in [0.3, 0.4) is 0 Å². The van der Waals surface area contributed by atoms with Gasteiger partial charge in [-0.05, 0) is 62.1 Å². The summed E-state index contributed by atoms with van der Waals surface area (Å²) in [6.45, 7) is 2.25. The Morgan fingerprint density at radius 1 is 1.35 bits per heavy atom. The van der Waals surface area contributed by atoms with Crippen molar-refractivity contribution >= 4 is 17.7 Å². The molecule has 0 heterocycles. The smallest absolute Gasteiger partial charge is 0.251 e. The molecule has 0 bridgehead atoms. The first kappa shape index (κ1) is 15.4. The Labute approximate surface area is 125 Å². The predicted molar refractivity (Wildman–Crippen MR) is 83.1 cm³/mol. The summed E-state index contributed by atoms with van der Waals surface area (Å²) < 4.78 is 0. The van der Waals surface area contributed by atoms with Crippen LogP contribution >= 0.6 is 11.8 Å². The van der Waals surface area contributed by atoms with E-state index in [2.05, 4.69) is 12.2 Å². The van der Waals surface area contributed by atoms with Gasteiger partial charge in [-0.1, -0.05) is 6.92 Å². The minimum absolute atomic E-state index is 0.0222. The molecule has 1 aromatic carbocycles. The Morgan fingerprint density at radius 2 is 1.95 bits per heavy atom. The average molecular weight is 293 g/mol. The minimum Gasteiger partial charge on any atom is -0.394 e. The Kier molecular flexibility index (Phi) is 5.11. The van der Waals surface area contributed by atoms with Crippen molar-refractivity contribution in [2.75, 3.05) is 12.9 Å². The number of hydrogen-bond donors (Lipinski definition) is 2. The van der Waals surface area contributed by atoms with Crippen molar-refractivity contribution < 1.29 is 9.90 Å². The standard InChI is InChI=1S/C16H23NO2S/c1-12-7-9-16(11-18,10-8-12)17-15(19)13-3-5-14(20-2)6-4-13/h3-6,12,18H,7-11H2,1-2H3,(H,17,19). The lowest BCUT2D eigenvalue weighted by Gasteiger charge is -2.38. The molecule has 1 saturated carbocycles. The maximum Gasteiger partial charge on any atom is 0.251 e. The van der Waals surface area contributed by atoms with Crippen molar-refractivity contribution in [3.63, 3.8) is 0 Å². The summed E-state index contributed by atoms with van der Waals surface area (Å²) in [4.78, 5) is 13.5. The molecule has 0 spiro atoms. The molecule has 1 aromatic rings. The number of hydrogen-bond acceptors (Lipinski definition) is 3. The molecule has 0 aromatic heterocycles. The summed E-state index contributed by atoms with van der Waals surface area (Å²) in [5, 5.41) is 12.7. The van der Waals surface area contributed by atoms with Gasteiger partial charge in [-0.2, -0.15) is 0 Å². The fourth-order valence-electron chi connectivity index (χ4n) is 2.69. The zero-order chi connectivity index (χ0) is 14.6. The van der Waals surface area contributed by atoms with Gasteiger partial charge in [0, 0.05) is 10.5 Å². The van der Waals surface area contributed by atoms with Gasteiger partial charge >= 0.3 is 0 Å². The van der Waals surface area contributed by atoms with Crippen molar-refractivity contribution in [3.8, 4) is 0 Å². The molecule has 1 fully saturated rings. The van der Waals surface area contributed by atoms with Crippen LogP contribution in [0.15, 0.2) is 29.2 Å². The second kappa shape index (κ2) is 6.64. The van der Waals surface area contributed by atoms with Crippen LogP contribution in [0.25, 0.3) is 0 Å². The van der Waals surface area contributed by atoms with E-state index in [0.717, 1.165) is 30.6 Å². The Balaban J connectivity index is 2.04. The van der Waals surface area contributed by atoms with Gasteiger partial charge in [0.15, 0.2) is 0 Å². The van der Waals surface area contributed by atoms with Gasteiger partial charge in [0.25, 0.3) is 5.91 Å². The summed E-state index contributed by atoms with van der Waals surface area (Å²) in [6.07, 6.45) is 5.86. The van der Waals surface area contributed by atoms with Crippen LogP contribution < -0.4 is 5.32 Å². The Bertz CT molecular complexity index is 450. The zero-order valence-corrected chi connectivity index (χ0v) is 13.0. The second-order valence-corrected chi connectivity index (χ2v) is 6.68. The quantitative estimate of drug-likeness (QED) is 0.839. The van der Waals surface area contributed by atoms with Crippen LogP contribution in [0.4, 0.5) is 0 Å². The van der Waals surface area contributed by atoms with Crippen LogP contribution in [-0.4, -0.2) is 29.4 Å². The van der Waals surface area contributed by atoms with Crippen LogP contribution in [0.2, 0.25) is 0 Å². The SMILES string of the molecule is CSc1ccc(C(=O)NC2(CO)CCC(C)CC2)cc1. The molecular formula is C16H23NO2S. The van der Waals surface area contributed by atoms with Crippen LogP contribution in [-0.2, 0) is 0 Å². The van der Waals surface area contributed by atoms with E-state index in [9.17, 15) is 9.90 Å². The highest BCUT2D eigenvalue weighted by molar-refractivity contribution is 7.98. The maximum atomic E-state index is 12.3. The zero-order valence-electron chi connectivity index (χ0n) is 12.2. The third-order valence-corrected chi connectivity index (χ3v) is 5.01. The van der Waals surface area contributed by atoms with E-state index in [0.29, 0.717) is 11.5 Å². The average Bonchev–Trinajstić information content (AvgIpc) is 2.50. The summed E-state index contributed by atoms with van der Waals surface area (Å²) in [5.74, 6) is 0.605. The third-order valence-electron chi connectivity index (χ3n) is 4.26. The van der Waals surface area contributed by atoms with Crippen LogP contribution in [0, 0.1) is 5.92 Å². The summed E-state index contributed by atoms with van der Waals surface area (Å²) in [5.41, 5.74) is 0.233. The second-order valence-electron chi connectivity index (χ2n) is 5.80. The number of aliphatic hydroxyl groups excluding tert-OH is 1. The number of carbonyl (C=O) groups excluding carboxylic acids is 1. The highest BCUT2D eigenvalue weighted by atomic mass is 32.2. The molecule has 2 rings (SSSR count). The van der Waals surface area contributed by atoms with E-state index in [-0.39, 0.29) is 12.5 Å². The molecule has 4 heteroatoms. The number of nitrogens with one attached hydrogen (secondary N) is 1. The molecular weight excluding hydrogens is 270 g/mol. The number of carbonyl (C=O) groups is 1. The molecule has 3 nitrogen and oxygen atoms in total. The molecule has 110 valence electrons. The van der Waals surface area contributed by atoms with Crippen molar-refractivity contribution in [2.24, 2.45) is 5.92 Å². The van der Waals surface area contributed by atoms with Gasteiger partial charge in [0.1, 0.15) is 0 Å². The molecule has 20 heavy (non-hydrogen) atoms. The Hall–Kier alpha value is -1.00. The minimum atomic E-state index is -0.429. The van der Waals surface area contributed by atoms with E-state index < -0.39 is 5.54 Å². The molecule has 0 atom stereocenters. The van der Waals surface area contributed by atoms with E-state index in [1.54, 1.807) is 11.8 Å². The predicted octanol–water partition coefficient (Wildman–Crippen LogP) is 3.08. The maximum absolute atomic E-state index is 12.3. The van der Waals surface area contributed by atoms with Crippen LogP contribution in [0.5, 0.6) is 0 Å². The normalized spacial score (nSPS) is 26.2. The number of thioether (sulfide) groups is 1. The van der Waals surface area contributed by atoms with Crippen LogP contribution in [0.1, 0.15) is 43.0 Å². The molecule has 0 unspecified atom stereocenters. The number of aliphatic hydroxyl groups is 1. The third kappa shape index (κ3) is 3.55. The molecule has 0 radical (unpaired) electrons. The lowest BCUT2D eigenvalue weighted by molar-refractivity contribution is 0.0717. The monoisotopic (exact) mass is 293 g/mol. The number of rotatable bonds is 4. The molecule has 1 aliphatic rings. The van der Waals surface area contributed by atoms with Crippen molar-refractivity contribution in [1.29, 1.82) is 0 Å². The fourth-order valence-corrected chi connectivity index (χ4v) is 3.10. The number of amides is 1. The first-order valence-corrected chi connectivity index (χ1v) is 8.38. The van der Waals surface area contributed by atoms with E-state index in [4.69, 9.17) is 0 Å². The molecule has 0 aliphatic heterocycles. The lowest BCUT2D eigenvalue weighted by Crippen LogP contribution is -2.53. The summed E-state index contributed by atoms with van der Waals surface area (Å²) in [7, 11) is 0. The van der Waals surface area contributed by atoms with Crippen molar-refractivity contribution in [3.05, 3.63) is 29.8 Å². The summed E-state index contributed by atoms with van der Waals surface area (Å²) in [6, 6.07) is 7.59.